The summed E-state index contributed by atoms with van der Waals surface area (Å²) in [5.74, 6) is 0.618. The number of rotatable bonds is 5. The van der Waals surface area contributed by atoms with Crippen LogP contribution in [0, 0.1) is 12.7 Å². The molecular formula is C25H23F3N4O2. The molecule has 0 saturated carbocycles. The maximum atomic E-state index is 14.8. The Morgan fingerprint density at radius 3 is 2.74 bits per heavy atom. The highest BCUT2D eigenvalue weighted by Gasteiger charge is 2.27. The van der Waals surface area contributed by atoms with Crippen LogP contribution >= 0.6 is 0 Å². The molecule has 2 aromatic carbocycles. The number of hydrogen-bond acceptors (Lipinski definition) is 5. The highest BCUT2D eigenvalue weighted by atomic mass is 19.3. The van der Waals surface area contributed by atoms with Crippen molar-refractivity contribution in [2.75, 3.05) is 18.5 Å². The van der Waals surface area contributed by atoms with E-state index in [4.69, 9.17) is 4.74 Å². The van der Waals surface area contributed by atoms with Crippen LogP contribution < -0.4 is 15.4 Å². The van der Waals surface area contributed by atoms with Crippen molar-refractivity contribution in [2.24, 2.45) is 0 Å². The molecule has 2 aliphatic heterocycles. The molecule has 9 heteroatoms. The van der Waals surface area contributed by atoms with Gasteiger partial charge in [0.25, 0.3) is 6.43 Å². The van der Waals surface area contributed by atoms with Crippen LogP contribution in [-0.4, -0.2) is 29.0 Å². The predicted molar refractivity (Wildman–Crippen MR) is 122 cm³/mol. The molecule has 2 N–H and O–H groups in total. The van der Waals surface area contributed by atoms with E-state index in [1.807, 2.05) is 6.07 Å². The zero-order chi connectivity index (χ0) is 24.0. The molecule has 5 rings (SSSR count). The lowest BCUT2D eigenvalue weighted by atomic mass is 9.94. The van der Waals surface area contributed by atoms with E-state index in [1.165, 1.54) is 12.1 Å². The van der Waals surface area contributed by atoms with Gasteiger partial charge in [0.2, 0.25) is 5.91 Å². The Kier molecular flexibility index (Phi) is 5.63. The molecule has 1 aromatic heterocycles. The summed E-state index contributed by atoms with van der Waals surface area (Å²) in [5, 5.41) is 6.69. The lowest BCUT2D eigenvalue weighted by Crippen LogP contribution is -2.26. The van der Waals surface area contributed by atoms with E-state index in [2.05, 4.69) is 20.6 Å². The molecule has 0 radical (unpaired) electrons. The summed E-state index contributed by atoms with van der Waals surface area (Å²) >= 11 is 0. The van der Waals surface area contributed by atoms with E-state index in [1.54, 1.807) is 19.9 Å². The second kappa shape index (κ2) is 8.62. The third kappa shape index (κ3) is 3.85. The number of anilines is 1. The SMILES string of the molecule is Cc1nc(NC(C)c2cccc(C(F)F)c2F)c2cc(C3=CC(=O)NCC3)c3c(c2n1)CCO3. The summed E-state index contributed by atoms with van der Waals surface area (Å²) in [6.45, 7) is 4.50. The summed E-state index contributed by atoms with van der Waals surface area (Å²) in [7, 11) is 0. The molecule has 1 atom stereocenters. The second-order valence-corrected chi connectivity index (χ2v) is 8.47. The van der Waals surface area contributed by atoms with Crippen molar-refractivity contribution in [3.8, 4) is 5.75 Å². The number of halogens is 3. The Labute approximate surface area is 194 Å². The summed E-state index contributed by atoms with van der Waals surface area (Å²) in [5.41, 5.74) is 2.82. The van der Waals surface area contributed by atoms with Crippen LogP contribution in [0.4, 0.5) is 19.0 Å². The van der Waals surface area contributed by atoms with Gasteiger partial charge in [-0.2, -0.15) is 0 Å². The van der Waals surface area contributed by atoms with Gasteiger partial charge in [-0.1, -0.05) is 18.2 Å². The third-order valence-corrected chi connectivity index (χ3v) is 6.21. The first kappa shape index (κ1) is 22.2. The van der Waals surface area contributed by atoms with Crippen LogP contribution in [-0.2, 0) is 11.2 Å². The number of nitrogens with one attached hydrogen (secondary N) is 2. The first-order valence-corrected chi connectivity index (χ1v) is 11.1. The molecule has 3 heterocycles. The number of hydrogen-bond donors (Lipinski definition) is 2. The van der Waals surface area contributed by atoms with Crippen LogP contribution in [0.2, 0.25) is 0 Å². The Bertz CT molecular complexity index is 1340. The fourth-order valence-electron chi connectivity index (χ4n) is 4.60. The molecule has 0 aliphatic carbocycles. The third-order valence-electron chi connectivity index (χ3n) is 6.21. The zero-order valence-corrected chi connectivity index (χ0v) is 18.7. The second-order valence-electron chi connectivity index (χ2n) is 8.47. The zero-order valence-electron chi connectivity index (χ0n) is 18.7. The summed E-state index contributed by atoms with van der Waals surface area (Å²) in [6, 6.07) is 5.25. The number of aryl methyl sites for hydroxylation is 1. The maximum Gasteiger partial charge on any atom is 0.266 e. The fraction of sp³-hybridized carbons (Fsp3) is 0.320. The molecule has 0 saturated heterocycles. The van der Waals surface area contributed by atoms with E-state index < -0.39 is 23.8 Å². The van der Waals surface area contributed by atoms with Crippen LogP contribution in [0.3, 0.4) is 0 Å². The predicted octanol–water partition coefficient (Wildman–Crippen LogP) is 5.03. The van der Waals surface area contributed by atoms with Crippen molar-refractivity contribution in [1.29, 1.82) is 0 Å². The monoisotopic (exact) mass is 468 g/mol. The van der Waals surface area contributed by atoms with Crippen molar-refractivity contribution in [2.45, 2.75) is 39.2 Å². The van der Waals surface area contributed by atoms with Crippen LogP contribution in [0.5, 0.6) is 5.75 Å². The van der Waals surface area contributed by atoms with Gasteiger partial charge >= 0.3 is 0 Å². The van der Waals surface area contributed by atoms with Gasteiger partial charge in [-0.3, -0.25) is 4.79 Å². The summed E-state index contributed by atoms with van der Waals surface area (Å²) in [4.78, 5) is 21.2. The number of fused-ring (bicyclic) bond motifs is 3. The van der Waals surface area contributed by atoms with Gasteiger partial charge in [-0.05, 0) is 31.9 Å². The molecule has 1 amide bonds. The standard InChI is InChI=1S/C25H23F3N4O2/c1-12(15-4-3-5-16(21(15)26)24(27)28)30-25-19-11-18(14-6-8-29-20(33)10-14)23-17(7-9-34-23)22(19)31-13(2)32-25/h3-5,10-12,24H,6-9H2,1-2H3,(H,29,33)(H,30,31,32). The Balaban J connectivity index is 1.63. The van der Waals surface area contributed by atoms with Gasteiger partial charge in [0.1, 0.15) is 23.2 Å². The first-order valence-electron chi connectivity index (χ1n) is 11.1. The summed E-state index contributed by atoms with van der Waals surface area (Å²) in [6.07, 6.45) is -0.0107. The van der Waals surface area contributed by atoms with Crippen molar-refractivity contribution in [3.63, 3.8) is 0 Å². The Hall–Kier alpha value is -3.62. The van der Waals surface area contributed by atoms with Gasteiger partial charge < -0.3 is 15.4 Å². The molecule has 34 heavy (non-hydrogen) atoms. The first-order chi connectivity index (χ1) is 16.3. The number of amides is 1. The van der Waals surface area contributed by atoms with Crippen LogP contribution in [0.15, 0.2) is 30.3 Å². The molecular weight excluding hydrogens is 445 g/mol. The van der Waals surface area contributed by atoms with Gasteiger partial charge in [0, 0.05) is 41.1 Å². The minimum atomic E-state index is -2.90. The van der Waals surface area contributed by atoms with Gasteiger partial charge in [-0.15, -0.1) is 0 Å². The highest BCUT2D eigenvalue weighted by molar-refractivity contribution is 6.01. The van der Waals surface area contributed by atoms with E-state index in [0.717, 1.165) is 34.0 Å². The van der Waals surface area contributed by atoms with Gasteiger partial charge in [-0.25, -0.2) is 23.1 Å². The van der Waals surface area contributed by atoms with E-state index in [-0.39, 0.29) is 11.5 Å². The van der Waals surface area contributed by atoms with Crippen LogP contribution in [0.1, 0.15) is 53.9 Å². The normalized spacial score (nSPS) is 16.2. The highest BCUT2D eigenvalue weighted by Crippen LogP contribution is 2.42. The average molecular weight is 468 g/mol. The number of aromatic nitrogens is 2. The topological polar surface area (TPSA) is 76.1 Å². The van der Waals surface area contributed by atoms with Crippen molar-refractivity contribution in [3.05, 3.63) is 64.2 Å². The van der Waals surface area contributed by atoms with Gasteiger partial charge in [0.15, 0.2) is 0 Å². The number of carbonyl (C=O) groups is 1. The Morgan fingerprint density at radius 1 is 1.18 bits per heavy atom. The molecule has 176 valence electrons. The van der Waals surface area contributed by atoms with Crippen molar-refractivity contribution < 1.29 is 22.7 Å². The smallest absolute Gasteiger partial charge is 0.266 e. The molecule has 6 nitrogen and oxygen atoms in total. The summed E-state index contributed by atoms with van der Waals surface area (Å²) < 4.78 is 47.1. The minimum Gasteiger partial charge on any atom is -0.492 e. The molecule has 0 bridgehead atoms. The van der Waals surface area contributed by atoms with Crippen LogP contribution in [0.25, 0.3) is 16.5 Å². The minimum absolute atomic E-state index is 0.124. The van der Waals surface area contributed by atoms with Crippen molar-refractivity contribution >= 4 is 28.2 Å². The number of carbonyl (C=O) groups excluding carboxylic acids is 1. The van der Waals surface area contributed by atoms with Crippen molar-refractivity contribution in [1.82, 2.24) is 15.3 Å². The number of alkyl halides is 2. The lowest BCUT2D eigenvalue weighted by Gasteiger charge is -2.21. The number of ether oxygens (including phenoxy) is 1. The largest absolute Gasteiger partial charge is 0.492 e. The molecule has 3 aromatic rings. The van der Waals surface area contributed by atoms with E-state index in [9.17, 15) is 18.0 Å². The number of benzene rings is 2. The quantitative estimate of drug-likeness (QED) is 0.550. The molecule has 0 spiro atoms. The molecule has 2 aliphatic rings. The maximum absolute atomic E-state index is 14.8. The van der Waals surface area contributed by atoms with E-state index >= 15 is 0 Å². The fourth-order valence-corrected chi connectivity index (χ4v) is 4.60. The Morgan fingerprint density at radius 2 is 1.97 bits per heavy atom. The molecule has 1 unspecified atom stereocenters. The lowest BCUT2D eigenvalue weighted by molar-refractivity contribution is -0.116. The average Bonchev–Trinajstić information content (AvgIpc) is 3.29. The van der Waals surface area contributed by atoms with E-state index in [0.29, 0.717) is 43.0 Å². The number of nitrogens with zero attached hydrogens (tertiary/aromatic N) is 2. The molecule has 0 fully saturated rings. The van der Waals surface area contributed by atoms with Gasteiger partial charge in [0.05, 0.1) is 23.7 Å².